The van der Waals surface area contributed by atoms with Crippen LogP contribution in [0.5, 0.6) is 0 Å². The summed E-state index contributed by atoms with van der Waals surface area (Å²) in [7, 11) is 0. The molecular weight excluding hydrogens is 458 g/mol. The minimum absolute atomic E-state index is 0.0116. The Hall–Kier alpha value is -3.21. The molecule has 0 radical (unpaired) electrons. The molecule has 3 aromatic carbocycles. The molecule has 2 amide bonds. The largest absolute Gasteiger partial charge is 0.416 e. The number of nitrogens with one attached hydrogen (secondary N) is 1. The van der Waals surface area contributed by atoms with Crippen LogP contribution < -0.4 is 10.2 Å². The predicted molar refractivity (Wildman–Crippen MR) is 108 cm³/mol. The lowest BCUT2D eigenvalue weighted by atomic mass is 10.1. The Balaban J connectivity index is 1.68. The molecule has 0 spiro atoms. The van der Waals surface area contributed by atoms with Gasteiger partial charge in [-0.1, -0.05) is 36.4 Å². The van der Waals surface area contributed by atoms with Crippen LogP contribution in [-0.4, -0.2) is 16.5 Å². The predicted octanol–water partition coefficient (Wildman–Crippen LogP) is 6.52. The average molecular weight is 470 g/mol. The summed E-state index contributed by atoms with van der Waals surface area (Å²) in [5.41, 5.74) is -3.36. The first-order valence-electron chi connectivity index (χ1n) is 9.03. The van der Waals surface area contributed by atoms with Crippen LogP contribution in [0.1, 0.15) is 11.1 Å². The van der Waals surface area contributed by atoms with E-state index < -0.39 is 45.7 Å². The maximum absolute atomic E-state index is 13.1. The third kappa shape index (κ3) is 4.12. The fourth-order valence-electron chi connectivity index (χ4n) is 3.31. The number of rotatable bonds is 3. The van der Waals surface area contributed by atoms with E-state index in [0.29, 0.717) is 29.3 Å². The lowest BCUT2D eigenvalue weighted by Crippen LogP contribution is -2.34. The number of carbonyl (C=O) groups is 2. The van der Waals surface area contributed by atoms with Gasteiger partial charge in [0.1, 0.15) is 0 Å². The highest BCUT2D eigenvalue weighted by Crippen LogP contribution is 2.40. The van der Waals surface area contributed by atoms with Crippen LogP contribution in [0.25, 0.3) is 10.8 Å². The molecule has 1 N–H and O–H groups in total. The normalized spacial score (nSPS) is 17.3. The third-order valence-corrected chi connectivity index (χ3v) is 5.68. The summed E-state index contributed by atoms with van der Waals surface area (Å²) < 4.78 is 78.5. The number of thioether (sulfide) groups is 1. The van der Waals surface area contributed by atoms with Gasteiger partial charge in [0.05, 0.1) is 16.8 Å². The second kappa shape index (κ2) is 7.73. The Morgan fingerprint density at radius 1 is 0.812 bits per heavy atom. The van der Waals surface area contributed by atoms with Gasteiger partial charge in [0.2, 0.25) is 0 Å². The van der Waals surface area contributed by atoms with E-state index in [1.807, 2.05) is 0 Å². The Morgan fingerprint density at radius 2 is 1.41 bits per heavy atom. The van der Waals surface area contributed by atoms with Crippen molar-refractivity contribution in [1.29, 1.82) is 0 Å². The molecule has 166 valence electrons. The summed E-state index contributed by atoms with van der Waals surface area (Å²) >= 11 is 0.471. The van der Waals surface area contributed by atoms with Crippen molar-refractivity contribution in [2.75, 3.05) is 10.2 Å². The number of halogens is 6. The Morgan fingerprint density at radius 3 is 2.03 bits per heavy atom. The van der Waals surface area contributed by atoms with Crippen molar-refractivity contribution in [3.8, 4) is 0 Å². The number of imide groups is 1. The summed E-state index contributed by atoms with van der Waals surface area (Å²) in [5.74, 6) is -0.803. The minimum Gasteiger partial charge on any atom is -0.365 e. The molecule has 3 aromatic rings. The molecule has 4 rings (SSSR count). The molecule has 0 aromatic heterocycles. The molecule has 0 saturated carbocycles. The average Bonchev–Trinajstić information content (AvgIpc) is 2.99. The topological polar surface area (TPSA) is 49.4 Å². The Bertz CT molecular complexity index is 1190. The van der Waals surface area contributed by atoms with Crippen LogP contribution in [0.3, 0.4) is 0 Å². The molecule has 1 atom stereocenters. The first-order valence-corrected chi connectivity index (χ1v) is 9.91. The van der Waals surface area contributed by atoms with Gasteiger partial charge >= 0.3 is 12.4 Å². The first kappa shape index (κ1) is 22.0. The van der Waals surface area contributed by atoms with Crippen molar-refractivity contribution in [2.45, 2.75) is 17.7 Å². The number of benzene rings is 3. The number of fused-ring (bicyclic) bond motifs is 1. The van der Waals surface area contributed by atoms with Crippen molar-refractivity contribution in [3.63, 3.8) is 0 Å². The zero-order chi connectivity index (χ0) is 23.3. The summed E-state index contributed by atoms with van der Waals surface area (Å²) in [5, 5.41) is 1.59. The Kier molecular flexibility index (Phi) is 5.32. The molecule has 1 aliphatic rings. The molecule has 11 heteroatoms. The van der Waals surface area contributed by atoms with E-state index in [4.69, 9.17) is 0 Å². The summed E-state index contributed by atoms with van der Waals surface area (Å²) in [6.45, 7) is 0. The van der Waals surface area contributed by atoms with Gasteiger partial charge in [-0.25, -0.2) is 4.90 Å². The minimum atomic E-state index is -5.03. The molecule has 0 aliphatic carbocycles. The number of hydrogen-bond donors (Lipinski definition) is 1. The van der Waals surface area contributed by atoms with Gasteiger partial charge in [0, 0.05) is 11.1 Å². The maximum Gasteiger partial charge on any atom is 0.416 e. The van der Waals surface area contributed by atoms with E-state index in [9.17, 15) is 35.9 Å². The summed E-state index contributed by atoms with van der Waals surface area (Å²) in [6.07, 6.45) is -10.1. The standard InChI is InChI=1S/C21H12F6N2O2S/c22-20(23,24)12-8-13(21(25,26)27)10-14(9-12)28-17-18(30)29(19(31)32-17)16-7-3-5-11-4-1-2-6-15(11)16/h1-10,17,28H. The quantitative estimate of drug-likeness (QED) is 0.443. The highest BCUT2D eigenvalue weighted by atomic mass is 32.2. The second-order valence-electron chi connectivity index (χ2n) is 6.87. The number of carbonyl (C=O) groups excluding carboxylic acids is 2. The van der Waals surface area contributed by atoms with Crippen LogP contribution in [0.2, 0.25) is 0 Å². The van der Waals surface area contributed by atoms with Crippen molar-refractivity contribution >= 4 is 45.1 Å². The lowest BCUT2D eigenvalue weighted by molar-refractivity contribution is -0.143. The number of amides is 2. The number of alkyl halides is 6. The molecule has 0 bridgehead atoms. The number of anilines is 2. The third-order valence-electron chi connectivity index (χ3n) is 4.74. The van der Waals surface area contributed by atoms with Crippen molar-refractivity contribution in [3.05, 3.63) is 71.8 Å². The maximum atomic E-state index is 13.1. The molecule has 1 aliphatic heterocycles. The van der Waals surface area contributed by atoms with E-state index in [2.05, 4.69) is 5.32 Å². The van der Waals surface area contributed by atoms with E-state index in [-0.39, 0.29) is 11.8 Å². The van der Waals surface area contributed by atoms with Gasteiger partial charge in [0.25, 0.3) is 11.1 Å². The van der Waals surface area contributed by atoms with E-state index in [1.165, 1.54) is 6.07 Å². The highest BCUT2D eigenvalue weighted by molar-refractivity contribution is 8.16. The van der Waals surface area contributed by atoms with Crippen LogP contribution in [0.4, 0.5) is 42.5 Å². The molecule has 1 fully saturated rings. The zero-order valence-corrected chi connectivity index (χ0v) is 16.6. The van der Waals surface area contributed by atoms with Crippen LogP contribution in [0.15, 0.2) is 60.7 Å². The van der Waals surface area contributed by atoms with Gasteiger partial charge in [-0.3, -0.25) is 9.59 Å². The SMILES string of the molecule is O=C1SC(Nc2cc(C(F)(F)F)cc(C(F)(F)F)c2)C(=O)N1c1cccc2ccccc12. The van der Waals surface area contributed by atoms with Gasteiger partial charge in [-0.2, -0.15) is 26.3 Å². The van der Waals surface area contributed by atoms with Crippen molar-refractivity contribution in [1.82, 2.24) is 0 Å². The fraction of sp³-hybridized carbons (Fsp3) is 0.143. The van der Waals surface area contributed by atoms with Gasteiger partial charge in [0.15, 0.2) is 5.37 Å². The van der Waals surface area contributed by atoms with E-state index in [0.717, 1.165) is 10.3 Å². The highest BCUT2D eigenvalue weighted by Gasteiger charge is 2.42. The number of nitrogens with zero attached hydrogens (tertiary/aromatic N) is 1. The summed E-state index contributed by atoms with van der Waals surface area (Å²) in [6, 6.07) is 12.8. The van der Waals surface area contributed by atoms with Crippen LogP contribution in [-0.2, 0) is 17.1 Å². The molecule has 1 heterocycles. The summed E-state index contributed by atoms with van der Waals surface area (Å²) in [4.78, 5) is 26.3. The monoisotopic (exact) mass is 470 g/mol. The molecule has 1 unspecified atom stereocenters. The molecule has 32 heavy (non-hydrogen) atoms. The molecular formula is C21H12F6N2O2S. The lowest BCUT2D eigenvalue weighted by Gasteiger charge is -2.18. The van der Waals surface area contributed by atoms with Gasteiger partial charge < -0.3 is 5.32 Å². The Labute approximate surface area is 181 Å². The smallest absolute Gasteiger partial charge is 0.365 e. The van der Waals surface area contributed by atoms with Gasteiger partial charge in [-0.05, 0) is 41.4 Å². The van der Waals surface area contributed by atoms with Crippen molar-refractivity contribution < 1.29 is 35.9 Å². The van der Waals surface area contributed by atoms with E-state index >= 15 is 0 Å². The molecule has 4 nitrogen and oxygen atoms in total. The second-order valence-corrected chi connectivity index (χ2v) is 7.93. The van der Waals surface area contributed by atoms with Crippen LogP contribution >= 0.6 is 11.8 Å². The van der Waals surface area contributed by atoms with E-state index in [1.54, 1.807) is 36.4 Å². The fourth-order valence-corrected chi connectivity index (χ4v) is 4.21. The molecule has 1 saturated heterocycles. The number of hydrogen-bond acceptors (Lipinski definition) is 4. The van der Waals surface area contributed by atoms with Crippen molar-refractivity contribution in [2.24, 2.45) is 0 Å². The van der Waals surface area contributed by atoms with Gasteiger partial charge in [-0.15, -0.1) is 0 Å². The first-order chi connectivity index (χ1) is 14.9. The van der Waals surface area contributed by atoms with Crippen LogP contribution in [0, 0.1) is 0 Å². The zero-order valence-electron chi connectivity index (χ0n) is 15.8.